The van der Waals surface area contributed by atoms with E-state index in [9.17, 15) is 13.2 Å². The van der Waals surface area contributed by atoms with Gasteiger partial charge < -0.3 is 0 Å². The predicted octanol–water partition coefficient (Wildman–Crippen LogP) is 6.75. The first-order valence-electron chi connectivity index (χ1n) is 6.47. The highest BCUT2D eigenvalue weighted by Crippen LogP contribution is 2.45. The maximum Gasteiger partial charge on any atom is 0.417 e. The second-order valence-corrected chi connectivity index (χ2v) is 6.21. The van der Waals surface area contributed by atoms with Crippen molar-refractivity contribution >= 4 is 22.9 Å². The van der Waals surface area contributed by atoms with Gasteiger partial charge in [0.1, 0.15) is 0 Å². The molecule has 1 aromatic heterocycles. The van der Waals surface area contributed by atoms with Gasteiger partial charge in [0.25, 0.3) is 0 Å². The molecule has 3 aromatic rings. The van der Waals surface area contributed by atoms with Crippen molar-refractivity contribution in [2.75, 3.05) is 0 Å². The van der Waals surface area contributed by atoms with Crippen molar-refractivity contribution in [3.63, 3.8) is 0 Å². The van der Waals surface area contributed by atoms with E-state index in [1.807, 2.05) is 0 Å². The standard InChI is InChI=1S/C17H10ClF3S/c18-13-8-6-11(7-9-13)15-10-14(17(19,20)21)16(22-15)12-4-2-1-3-5-12/h1-10H. The largest absolute Gasteiger partial charge is 0.417 e. The Kier molecular flexibility index (Phi) is 3.98. The molecule has 0 radical (unpaired) electrons. The molecule has 0 fully saturated rings. The van der Waals surface area contributed by atoms with Gasteiger partial charge in [0, 0.05) is 14.8 Å². The maximum atomic E-state index is 13.3. The zero-order valence-corrected chi connectivity index (χ0v) is 12.8. The zero-order valence-electron chi connectivity index (χ0n) is 11.2. The molecule has 0 unspecified atom stereocenters. The van der Waals surface area contributed by atoms with E-state index in [-0.39, 0.29) is 4.88 Å². The number of thiophene rings is 1. The molecule has 0 bridgehead atoms. The molecule has 0 aliphatic rings. The Morgan fingerprint density at radius 3 is 2.05 bits per heavy atom. The van der Waals surface area contributed by atoms with E-state index in [2.05, 4.69) is 0 Å². The average Bonchev–Trinajstić information content (AvgIpc) is 2.94. The fourth-order valence-corrected chi connectivity index (χ4v) is 3.48. The molecule has 3 rings (SSSR count). The molecule has 22 heavy (non-hydrogen) atoms. The third kappa shape index (κ3) is 3.03. The Balaban J connectivity index is 2.15. The van der Waals surface area contributed by atoms with E-state index in [4.69, 9.17) is 11.6 Å². The van der Waals surface area contributed by atoms with Crippen LogP contribution in [0.15, 0.2) is 60.7 Å². The molecule has 0 amide bonds. The molecule has 0 spiro atoms. The first kappa shape index (κ1) is 15.1. The van der Waals surface area contributed by atoms with Gasteiger partial charge in [-0.15, -0.1) is 11.3 Å². The summed E-state index contributed by atoms with van der Waals surface area (Å²) in [5.74, 6) is 0. The molecule has 5 heteroatoms. The minimum absolute atomic E-state index is 0.234. The average molecular weight is 339 g/mol. The van der Waals surface area contributed by atoms with Crippen LogP contribution in [-0.2, 0) is 6.18 Å². The molecule has 0 aliphatic heterocycles. The Morgan fingerprint density at radius 2 is 1.45 bits per heavy atom. The van der Waals surface area contributed by atoms with E-state index in [0.717, 1.165) is 16.9 Å². The molecule has 0 aliphatic carbocycles. The molecule has 0 nitrogen and oxygen atoms in total. The minimum atomic E-state index is -4.38. The van der Waals surface area contributed by atoms with E-state index < -0.39 is 11.7 Å². The molecule has 1 heterocycles. The van der Waals surface area contributed by atoms with E-state index in [1.54, 1.807) is 54.6 Å². The van der Waals surface area contributed by atoms with Gasteiger partial charge in [0.05, 0.1) is 5.56 Å². The molecule has 2 aromatic carbocycles. The SMILES string of the molecule is FC(F)(F)c1cc(-c2ccc(Cl)cc2)sc1-c1ccccc1. The topological polar surface area (TPSA) is 0 Å². The summed E-state index contributed by atoms with van der Waals surface area (Å²) in [6.45, 7) is 0. The molecular weight excluding hydrogens is 329 g/mol. The second kappa shape index (κ2) is 5.78. The third-order valence-electron chi connectivity index (χ3n) is 3.20. The van der Waals surface area contributed by atoms with Crippen LogP contribution in [-0.4, -0.2) is 0 Å². The van der Waals surface area contributed by atoms with Gasteiger partial charge in [-0.3, -0.25) is 0 Å². The number of alkyl halides is 3. The molecule has 0 N–H and O–H groups in total. The highest BCUT2D eigenvalue weighted by atomic mass is 35.5. The van der Waals surface area contributed by atoms with Crippen molar-refractivity contribution in [1.29, 1.82) is 0 Å². The summed E-state index contributed by atoms with van der Waals surface area (Å²) in [5.41, 5.74) is 0.691. The molecule has 0 saturated carbocycles. The van der Waals surface area contributed by atoms with E-state index in [0.29, 0.717) is 15.5 Å². The number of benzene rings is 2. The van der Waals surface area contributed by atoms with Gasteiger partial charge in [0.15, 0.2) is 0 Å². The fraction of sp³-hybridized carbons (Fsp3) is 0.0588. The number of halogens is 4. The Morgan fingerprint density at radius 1 is 0.818 bits per heavy atom. The van der Waals surface area contributed by atoms with Crippen LogP contribution in [0.1, 0.15) is 5.56 Å². The molecule has 0 atom stereocenters. The quantitative estimate of drug-likeness (QED) is 0.484. The third-order valence-corrected chi connectivity index (χ3v) is 4.69. The summed E-state index contributed by atoms with van der Waals surface area (Å²) in [5, 5.41) is 0.555. The highest BCUT2D eigenvalue weighted by Gasteiger charge is 2.35. The first-order chi connectivity index (χ1) is 10.4. The van der Waals surface area contributed by atoms with Crippen molar-refractivity contribution in [3.8, 4) is 20.9 Å². The molecule has 112 valence electrons. The van der Waals surface area contributed by atoms with Gasteiger partial charge in [0.2, 0.25) is 0 Å². The van der Waals surface area contributed by atoms with E-state index in [1.165, 1.54) is 6.07 Å². The number of hydrogen-bond donors (Lipinski definition) is 0. The number of rotatable bonds is 2. The monoisotopic (exact) mass is 338 g/mol. The van der Waals surface area contributed by atoms with Crippen LogP contribution in [0.4, 0.5) is 13.2 Å². The van der Waals surface area contributed by atoms with Crippen LogP contribution in [0.2, 0.25) is 5.02 Å². The lowest BCUT2D eigenvalue weighted by atomic mass is 10.1. The predicted molar refractivity (Wildman–Crippen MR) is 85.2 cm³/mol. The van der Waals surface area contributed by atoms with Crippen molar-refractivity contribution in [1.82, 2.24) is 0 Å². The van der Waals surface area contributed by atoms with Crippen molar-refractivity contribution < 1.29 is 13.2 Å². The van der Waals surface area contributed by atoms with Gasteiger partial charge in [-0.2, -0.15) is 13.2 Å². The lowest BCUT2D eigenvalue weighted by Gasteiger charge is -2.07. The fourth-order valence-electron chi connectivity index (χ4n) is 2.16. The van der Waals surface area contributed by atoms with Gasteiger partial charge in [-0.05, 0) is 29.3 Å². The Labute approximate surface area is 134 Å². The molecular formula is C17H10ClF3S. The summed E-state index contributed by atoms with van der Waals surface area (Å²) in [7, 11) is 0. The minimum Gasteiger partial charge on any atom is -0.166 e. The first-order valence-corrected chi connectivity index (χ1v) is 7.67. The number of hydrogen-bond acceptors (Lipinski definition) is 1. The summed E-state index contributed by atoms with van der Waals surface area (Å²) < 4.78 is 39.9. The van der Waals surface area contributed by atoms with Crippen LogP contribution < -0.4 is 0 Å². The lowest BCUT2D eigenvalue weighted by Crippen LogP contribution is -2.04. The summed E-state index contributed by atoms with van der Waals surface area (Å²) in [6, 6.07) is 16.6. The summed E-state index contributed by atoms with van der Waals surface area (Å²) >= 11 is 6.96. The van der Waals surface area contributed by atoms with Gasteiger partial charge in [-0.1, -0.05) is 54.1 Å². The van der Waals surface area contributed by atoms with Gasteiger partial charge in [-0.25, -0.2) is 0 Å². The Hall–Kier alpha value is -1.78. The van der Waals surface area contributed by atoms with Crippen molar-refractivity contribution in [2.24, 2.45) is 0 Å². The van der Waals surface area contributed by atoms with E-state index >= 15 is 0 Å². The van der Waals surface area contributed by atoms with Crippen LogP contribution >= 0.6 is 22.9 Å². The summed E-state index contributed by atoms with van der Waals surface area (Å²) in [4.78, 5) is 0.806. The normalized spacial score (nSPS) is 11.6. The lowest BCUT2D eigenvalue weighted by molar-refractivity contribution is -0.136. The molecule has 0 saturated heterocycles. The van der Waals surface area contributed by atoms with Crippen molar-refractivity contribution in [3.05, 3.63) is 71.2 Å². The second-order valence-electron chi connectivity index (χ2n) is 4.72. The Bertz CT molecular complexity index is 774. The maximum absolute atomic E-state index is 13.3. The van der Waals surface area contributed by atoms with Crippen LogP contribution in [0, 0.1) is 0 Å². The van der Waals surface area contributed by atoms with Crippen molar-refractivity contribution in [2.45, 2.75) is 6.18 Å². The van der Waals surface area contributed by atoms with Crippen LogP contribution in [0.25, 0.3) is 20.9 Å². The smallest absolute Gasteiger partial charge is 0.166 e. The van der Waals surface area contributed by atoms with Gasteiger partial charge >= 0.3 is 6.18 Å². The van der Waals surface area contributed by atoms with Crippen LogP contribution in [0.3, 0.4) is 0 Å². The van der Waals surface area contributed by atoms with Crippen LogP contribution in [0.5, 0.6) is 0 Å². The highest BCUT2D eigenvalue weighted by molar-refractivity contribution is 7.19. The zero-order chi connectivity index (χ0) is 15.7. The summed E-state index contributed by atoms with van der Waals surface area (Å²) in [6.07, 6.45) is -4.38.